The monoisotopic (exact) mass is 829 g/mol. The topological polar surface area (TPSA) is 331 Å². The second-order valence-corrected chi connectivity index (χ2v) is 14.5. The van der Waals surface area contributed by atoms with Gasteiger partial charge < -0.3 is 25.1 Å². The maximum atomic E-state index is 13.4. The van der Waals surface area contributed by atoms with Gasteiger partial charge in [0.05, 0.1) is 39.0 Å². The Morgan fingerprint density at radius 1 is 0.774 bits per heavy atom. The minimum atomic E-state index is -5.06. The molecule has 6 aromatic rings. The van der Waals surface area contributed by atoms with Gasteiger partial charge in [0.2, 0.25) is 16.9 Å². The van der Waals surface area contributed by atoms with Crippen LogP contribution >= 0.6 is 11.6 Å². The first kappa shape index (κ1) is 44.8. The molecule has 2 heterocycles. The Balaban J connectivity index is 0.00000252. The molecule has 6 rings (SSSR count). The second kappa shape index (κ2) is 17.1. The van der Waals surface area contributed by atoms with Crippen molar-refractivity contribution >= 4 is 92.5 Å². The van der Waals surface area contributed by atoms with Crippen molar-refractivity contribution in [1.82, 2.24) is 24.9 Å². The Bertz CT molecular complexity index is 2840. The standard InChI is InChI=1S/C26H18ClN9O11S3.3Na/c27-23-32-24(34-25(33-23)29-18-10-14(48(39,40)41)3-6-19(18)49(42,43)44)28-12-1-4-15-11(7-12)8-20(50(45,46)47)21(22(15)37)36-35-13-2-5-16-17(9-13)31-26(38)30-16;;;/h1-10,37H,(H2,30,31,38)(H,39,40,41)(H,42,43,44)(H,45,46,47)(H2,28,29,32,33,34);;;/q;3*+1/p-3. The number of benzene rings is 4. The normalized spacial score (nSPS) is 12.3. The predicted molar refractivity (Wildman–Crippen MR) is 167 cm³/mol. The van der Waals surface area contributed by atoms with E-state index in [1.807, 2.05) is 0 Å². The number of fused-ring (bicyclic) bond motifs is 2. The van der Waals surface area contributed by atoms with Crippen LogP contribution in [0, 0.1) is 0 Å². The van der Waals surface area contributed by atoms with Crippen molar-refractivity contribution in [3.63, 3.8) is 0 Å². The van der Waals surface area contributed by atoms with Crippen molar-refractivity contribution in [2.24, 2.45) is 15.2 Å². The maximum Gasteiger partial charge on any atom is 1.00 e. The van der Waals surface area contributed by atoms with Crippen LogP contribution in [0.3, 0.4) is 0 Å². The summed E-state index contributed by atoms with van der Waals surface area (Å²) < 4.78 is 102. The van der Waals surface area contributed by atoms with E-state index in [-0.39, 0.29) is 122 Å². The molecule has 0 bridgehead atoms. The van der Waals surface area contributed by atoms with Gasteiger partial charge in [-0.25, -0.2) is 18.4 Å². The Kier molecular flexibility index (Phi) is 14.4. The van der Waals surface area contributed by atoms with Gasteiger partial charge in [-0.2, -0.15) is 31.9 Å². The third-order valence-electron chi connectivity index (χ3n) is 6.63. The van der Waals surface area contributed by atoms with Gasteiger partial charge in [0, 0.05) is 5.69 Å². The van der Waals surface area contributed by atoms with E-state index in [0.717, 1.165) is 6.07 Å². The van der Waals surface area contributed by atoms with Crippen LogP contribution in [0.5, 0.6) is 11.8 Å². The molecule has 0 saturated heterocycles. The van der Waals surface area contributed by atoms with Gasteiger partial charge in [-0.3, -0.25) is 14.1 Å². The molecule has 20 nitrogen and oxygen atoms in total. The van der Waals surface area contributed by atoms with Crippen LogP contribution < -0.4 is 110 Å². The van der Waals surface area contributed by atoms with E-state index >= 15 is 0 Å². The van der Waals surface area contributed by atoms with Crippen molar-refractivity contribution in [3.8, 4) is 11.8 Å². The molecule has 0 spiro atoms. The quantitative estimate of drug-likeness (QED) is 0.0541. The Hall–Kier alpha value is -2.56. The molecule has 0 radical (unpaired) electrons. The summed E-state index contributed by atoms with van der Waals surface area (Å²) >= 11 is 6.03. The molecule has 0 fully saturated rings. The van der Waals surface area contributed by atoms with Crippen LogP contribution in [-0.4, -0.2) is 63.8 Å². The molecule has 4 aromatic carbocycles. The zero-order valence-corrected chi connectivity index (χ0v) is 36.3. The number of H-pyrrole nitrogens is 2. The summed E-state index contributed by atoms with van der Waals surface area (Å²) in [7, 11) is -15.1. The van der Waals surface area contributed by atoms with Gasteiger partial charge in [-0.05, 0) is 77.0 Å². The summed E-state index contributed by atoms with van der Waals surface area (Å²) in [5, 5.41) is 34.8. The Labute approximate surface area is 369 Å². The number of nitrogens with one attached hydrogen (secondary N) is 3. The van der Waals surface area contributed by atoms with Crippen LogP contribution in [0.15, 0.2) is 90.6 Å². The van der Waals surface area contributed by atoms with Crippen molar-refractivity contribution in [1.29, 1.82) is 0 Å². The number of hydrogen-bond acceptors (Lipinski definition) is 16. The number of rotatable bonds is 8. The number of halogens is 1. The number of aromatic nitrogens is 5. The molecule has 258 valence electrons. The SMILES string of the molecule is O=S(=O)([O-])c1ccc(S(=O)(=O)O)c(N=c2nc(Nc3ccc4c([O-])c(N=Nc5ccc6nc([O-])[nH]c6c5)c(S(=O)(=O)O)cc4c3)nc(Cl)[nH]2)c1.[Na+].[Na+].[Na+]. The first-order valence-corrected chi connectivity index (χ1v) is 17.9. The first-order valence-electron chi connectivity index (χ1n) is 13.2. The van der Waals surface area contributed by atoms with E-state index in [1.165, 1.54) is 36.4 Å². The fourth-order valence-electron chi connectivity index (χ4n) is 4.53. The summed E-state index contributed by atoms with van der Waals surface area (Å²) in [5.74, 6) is -1.23. The average Bonchev–Trinajstić information content (AvgIpc) is 3.38. The fourth-order valence-corrected chi connectivity index (χ4v) is 6.45. The summed E-state index contributed by atoms with van der Waals surface area (Å²) in [6.45, 7) is 0. The molecule has 5 N–H and O–H groups in total. The third-order valence-corrected chi connectivity index (χ3v) is 9.41. The van der Waals surface area contributed by atoms with Crippen molar-refractivity contribution < 1.29 is 138 Å². The van der Waals surface area contributed by atoms with Crippen LogP contribution in [-0.2, 0) is 30.4 Å². The van der Waals surface area contributed by atoms with Crippen molar-refractivity contribution in [2.45, 2.75) is 14.7 Å². The number of anilines is 2. The van der Waals surface area contributed by atoms with Gasteiger partial charge >= 0.3 is 88.7 Å². The number of hydrogen-bond donors (Lipinski definition) is 5. The van der Waals surface area contributed by atoms with Crippen molar-refractivity contribution in [2.75, 3.05) is 5.32 Å². The molecule has 0 amide bonds. The number of aromatic amines is 2. The van der Waals surface area contributed by atoms with Gasteiger partial charge in [-0.15, -0.1) is 5.11 Å². The minimum Gasteiger partial charge on any atom is -0.871 e. The van der Waals surface area contributed by atoms with Crippen LogP contribution in [0.25, 0.3) is 21.8 Å². The van der Waals surface area contributed by atoms with E-state index in [1.54, 1.807) is 0 Å². The smallest absolute Gasteiger partial charge is 0.871 e. The maximum absolute atomic E-state index is 13.4. The molecule has 53 heavy (non-hydrogen) atoms. The van der Waals surface area contributed by atoms with Gasteiger partial charge in [0.15, 0.2) is 0 Å². The molecule has 2 aromatic heterocycles. The third kappa shape index (κ3) is 10.4. The van der Waals surface area contributed by atoms with Crippen LogP contribution in [0.2, 0.25) is 5.28 Å². The number of nitrogens with zero attached hydrogens (tertiary/aromatic N) is 6. The molecule has 27 heteroatoms. The molecule has 0 aliphatic carbocycles. The Morgan fingerprint density at radius 2 is 1.47 bits per heavy atom. The second-order valence-electron chi connectivity index (χ2n) is 9.99. The molecular formula is C26H15ClN9Na3O11S3. The molecule has 0 unspecified atom stereocenters. The van der Waals surface area contributed by atoms with Crippen LogP contribution in [0.1, 0.15) is 0 Å². The van der Waals surface area contributed by atoms with Gasteiger partial charge in [0.25, 0.3) is 20.2 Å². The number of imidazole rings is 1. The van der Waals surface area contributed by atoms with E-state index in [9.17, 15) is 49.1 Å². The summed E-state index contributed by atoms with van der Waals surface area (Å²) in [6.07, 6.45) is 0. The van der Waals surface area contributed by atoms with Crippen LogP contribution in [0.4, 0.5) is 28.7 Å². The molecule has 0 atom stereocenters. The van der Waals surface area contributed by atoms with Crippen molar-refractivity contribution in [3.05, 3.63) is 71.6 Å². The summed E-state index contributed by atoms with van der Waals surface area (Å²) in [5.41, 5.74) is -0.963. The molecule has 0 aliphatic rings. The summed E-state index contributed by atoms with van der Waals surface area (Å²) in [6, 6.07) is 10.4. The zero-order chi connectivity index (χ0) is 36.2. The average molecular weight is 830 g/mol. The fraction of sp³-hybridized carbons (Fsp3) is 0. The van der Waals surface area contributed by atoms with Gasteiger partial charge in [-0.1, -0.05) is 11.8 Å². The van der Waals surface area contributed by atoms with E-state index in [2.05, 4.69) is 45.5 Å². The first-order chi connectivity index (χ1) is 23.3. The summed E-state index contributed by atoms with van der Waals surface area (Å²) in [4.78, 5) is 17.7. The molecule has 0 saturated carbocycles. The minimum absolute atomic E-state index is 0. The van der Waals surface area contributed by atoms with Gasteiger partial charge in [0.1, 0.15) is 19.9 Å². The van der Waals surface area contributed by atoms with E-state index in [4.69, 9.17) is 11.6 Å². The Morgan fingerprint density at radius 3 is 2.13 bits per heavy atom. The number of azo groups is 1. The molecular weight excluding hydrogens is 815 g/mol. The van der Waals surface area contributed by atoms with E-state index in [0.29, 0.717) is 29.2 Å². The largest absolute Gasteiger partial charge is 1.00 e. The zero-order valence-electron chi connectivity index (χ0n) is 27.1. The molecule has 0 aliphatic heterocycles. The predicted octanol–water partition coefficient (Wildman–Crippen LogP) is -6.56. The van der Waals surface area contributed by atoms with E-state index < -0.39 is 73.8 Å².